The van der Waals surface area contributed by atoms with Gasteiger partial charge in [0.2, 0.25) is 11.8 Å². The van der Waals surface area contributed by atoms with E-state index in [9.17, 15) is 28.1 Å². The molecule has 30 heavy (non-hydrogen) atoms. The molecule has 1 aliphatic rings. The lowest BCUT2D eigenvalue weighted by molar-refractivity contribution is -0.384. The molecule has 0 saturated carbocycles. The van der Waals surface area contributed by atoms with E-state index in [0.29, 0.717) is 4.31 Å². The summed E-state index contributed by atoms with van der Waals surface area (Å²) >= 11 is 0. The second-order valence-electron chi connectivity index (χ2n) is 6.69. The van der Waals surface area contributed by atoms with Crippen LogP contribution in [0, 0.1) is 17.0 Å². The van der Waals surface area contributed by atoms with Crippen molar-refractivity contribution in [1.29, 1.82) is 0 Å². The number of nitro groups is 1. The first-order chi connectivity index (χ1) is 14.1. The number of aryl methyl sites for hydroxylation is 1. The number of amides is 2. The highest BCUT2D eigenvalue weighted by molar-refractivity contribution is 7.89. The van der Waals surface area contributed by atoms with E-state index < -0.39 is 38.5 Å². The first-order valence-electron chi connectivity index (χ1n) is 8.92. The lowest BCUT2D eigenvalue weighted by Gasteiger charge is -2.23. The Morgan fingerprint density at radius 1 is 1.23 bits per heavy atom. The van der Waals surface area contributed by atoms with Crippen LogP contribution in [0.2, 0.25) is 0 Å². The zero-order valence-electron chi connectivity index (χ0n) is 16.2. The van der Waals surface area contributed by atoms with Crippen LogP contribution in [0.1, 0.15) is 18.4 Å². The fourth-order valence-electron chi connectivity index (χ4n) is 3.14. The van der Waals surface area contributed by atoms with Crippen LogP contribution in [0.4, 0.5) is 11.4 Å². The molecule has 11 heteroatoms. The Bertz CT molecular complexity index is 1110. The third-order valence-electron chi connectivity index (χ3n) is 4.70. The lowest BCUT2D eigenvalue weighted by atomic mass is 10.2. The lowest BCUT2D eigenvalue weighted by Crippen LogP contribution is -2.45. The number of hydrogen-bond acceptors (Lipinski definition) is 7. The van der Waals surface area contributed by atoms with Gasteiger partial charge in [0, 0.05) is 6.42 Å². The van der Waals surface area contributed by atoms with Gasteiger partial charge in [-0.05, 0) is 37.6 Å². The monoisotopic (exact) mass is 433 g/mol. The highest BCUT2D eigenvalue weighted by atomic mass is 32.2. The Hall–Kier alpha value is -3.47. The standard InChI is InChI=1S/C19H19N3O7S/c1-12-3-6-14(7-4-12)30(27,28)21-16(9-10-18(21)23)19(24)20-15-8-5-13(29-2)11-17(15)22(25)26/h3-8,11,16H,9-10H2,1-2H3,(H,20,24). The number of methoxy groups -OCH3 is 1. The summed E-state index contributed by atoms with van der Waals surface area (Å²) in [6.07, 6.45) is -0.159. The molecule has 1 N–H and O–H groups in total. The van der Waals surface area contributed by atoms with E-state index in [1.54, 1.807) is 19.1 Å². The van der Waals surface area contributed by atoms with E-state index in [0.717, 1.165) is 11.6 Å². The van der Waals surface area contributed by atoms with Gasteiger partial charge in [-0.15, -0.1) is 0 Å². The molecule has 0 bridgehead atoms. The largest absolute Gasteiger partial charge is 0.496 e. The quantitative estimate of drug-likeness (QED) is 0.545. The van der Waals surface area contributed by atoms with Crippen LogP contribution in [-0.4, -0.2) is 42.6 Å². The maximum atomic E-state index is 13.0. The summed E-state index contributed by atoms with van der Waals surface area (Å²) < 4.78 is 31.5. The Labute approximate surface area is 172 Å². The number of carbonyl (C=O) groups excluding carboxylic acids is 2. The van der Waals surface area contributed by atoms with E-state index in [4.69, 9.17) is 4.74 Å². The number of nitrogens with one attached hydrogen (secondary N) is 1. The summed E-state index contributed by atoms with van der Waals surface area (Å²) in [4.78, 5) is 35.6. The van der Waals surface area contributed by atoms with Crippen LogP contribution in [0.15, 0.2) is 47.4 Å². The number of sulfonamides is 1. The van der Waals surface area contributed by atoms with E-state index in [1.165, 1.54) is 31.4 Å². The number of rotatable bonds is 6. The van der Waals surface area contributed by atoms with Crippen molar-refractivity contribution in [2.75, 3.05) is 12.4 Å². The second kappa shape index (κ2) is 8.11. The summed E-state index contributed by atoms with van der Waals surface area (Å²) in [5.74, 6) is -1.32. The summed E-state index contributed by atoms with van der Waals surface area (Å²) in [7, 11) is -2.92. The highest BCUT2D eigenvalue weighted by Gasteiger charge is 2.44. The smallest absolute Gasteiger partial charge is 0.296 e. The molecule has 1 atom stereocenters. The number of nitro benzene ring substituents is 1. The Kier molecular flexibility index (Phi) is 5.74. The molecule has 1 aliphatic heterocycles. The molecule has 1 unspecified atom stereocenters. The van der Waals surface area contributed by atoms with Crippen molar-refractivity contribution in [2.45, 2.75) is 30.7 Å². The summed E-state index contributed by atoms with van der Waals surface area (Å²) in [6.45, 7) is 1.79. The van der Waals surface area contributed by atoms with Gasteiger partial charge in [0.15, 0.2) is 0 Å². The molecule has 0 aromatic heterocycles. The number of hydrogen-bond donors (Lipinski definition) is 1. The fraction of sp³-hybridized carbons (Fsp3) is 0.263. The first kappa shape index (κ1) is 21.2. The Balaban J connectivity index is 1.91. The molecule has 0 spiro atoms. The van der Waals surface area contributed by atoms with Gasteiger partial charge in [0.25, 0.3) is 15.7 Å². The van der Waals surface area contributed by atoms with Crippen molar-refractivity contribution in [2.24, 2.45) is 0 Å². The van der Waals surface area contributed by atoms with Crippen LogP contribution in [-0.2, 0) is 19.6 Å². The molecule has 158 valence electrons. The maximum absolute atomic E-state index is 13.0. The molecule has 1 heterocycles. The van der Waals surface area contributed by atoms with E-state index in [-0.39, 0.29) is 29.2 Å². The minimum absolute atomic E-state index is 0.0281. The highest BCUT2D eigenvalue weighted by Crippen LogP contribution is 2.32. The van der Waals surface area contributed by atoms with Crippen LogP contribution in [0.3, 0.4) is 0 Å². The number of ether oxygens (including phenoxy) is 1. The summed E-state index contributed by atoms with van der Waals surface area (Å²) in [5, 5.41) is 13.7. The van der Waals surface area contributed by atoms with Gasteiger partial charge in [-0.2, -0.15) is 0 Å². The van der Waals surface area contributed by atoms with Gasteiger partial charge in [-0.3, -0.25) is 19.7 Å². The van der Waals surface area contributed by atoms with Crippen molar-refractivity contribution in [3.05, 3.63) is 58.1 Å². The Morgan fingerprint density at radius 2 is 1.90 bits per heavy atom. The summed E-state index contributed by atoms with van der Waals surface area (Å²) in [6, 6.07) is 8.42. The molecule has 10 nitrogen and oxygen atoms in total. The van der Waals surface area contributed by atoms with Crippen molar-refractivity contribution in [1.82, 2.24) is 4.31 Å². The Morgan fingerprint density at radius 3 is 2.50 bits per heavy atom. The molecular weight excluding hydrogens is 414 g/mol. The van der Waals surface area contributed by atoms with E-state index in [1.807, 2.05) is 0 Å². The van der Waals surface area contributed by atoms with Crippen molar-refractivity contribution < 1.29 is 27.7 Å². The van der Waals surface area contributed by atoms with E-state index >= 15 is 0 Å². The molecule has 0 aliphatic carbocycles. The molecule has 1 fully saturated rings. The third kappa shape index (κ3) is 3.96. The molecular formula is C19H19N3O7S. The predicted octanol–water partition coefficient (Wildman–Crippen LogP) is 2.23. The van der Waals surface area contributed by atoms with Crippen LogP contribution in [0.25, 0.3) is 0 Å². The third-order valence-corrected chi connectivity index (χ3v) is 6.54. The van der Waals surface area contributed by atoms with Gasteiger partial charge < -0.3 is 10.1 Å². The summed E-state index contributed by atoms with van der Waals surface area (Å²) in [5.41, 5.74) is 0.292. The number of anilines is 1. The van der Waals surface area contributed by atoms with Gasteiger partial charge in [-0.1, -0.05) is 17.7 Å². The molecule has 3 rings (SSSR count). The number of benzene rings is 2. The second-order valence-corrected chi connectivity index (χ2v) is 8.51. The molecule has 2 aromatic carbocycles. The average Bonchev–Trinajstić information content (AvgIpc) is 3.11. The maximum Gasteiger partial charge on any atom is 0.296 e. The molecule has 2 aromatic rings. The van der Waals surface area contributed by atoms with Crippen molar-refractivity contribution in [3.8, 4) is 5.75 Å². The van der Waals surface area contributed by atoms with Gasteiger partial charge in [-0.25, -0.2) is 12.7 Å². The van der Waals surface area contributed by atoms with Crippen LogP contribution in [0.5, 0.6) is 5.75 Å². The van der Waals surface area contributed by atoms with E-state index in [2.05, 4.69) is 5.32 Å². The average molecular weight is 433 g/mol. The van der Waals surface area contributed by atoms with Crippen LogP contribution >= 0.6 is 0 Å². The molecule has 2 amide bonds. The van der Waals surface area contributed by atoms with Gasteiger partial charge >= 0.3 is 0 Å². The SMILES string of the molecule is COc1ccc(NC(=O)C2CCC(=O)N2S(=O)(=O)c2ccc(C)cc2)c([N+](=O)[O-])c1. The zero-order valence-corrected chi connectivity index (χ0v) is 17.0. The van der Waals surface area contributed by atoms with Gasteiger partial charge in [0.05, 0.1) is 23.0 Å². The number of nitrogens with zero attached hydrogens (tertiary/aromatic N) is 2. The molecule has 1 saturated heterocycles. The van der Waals surface area contributed by atoms with Crippen LogP contribution < -0.4 is 10.1 Å². The minimum Gasteiger partial charge on any atom is -0.496 e. The van der Waals surface area contributed by atoms with Crippen molar-refractivity contribution in [3.63, 3.8) is 0 Å². The zero-order chi connectivity index (χ0) is 22.1. The first-order valence-corrected chi connectivity index (χ1v) is 10.4. The normalized spacial score (nSPS) is 16.4. The predicted molar refractivity (Wildman–Crippen MR) is 107 cm³/mol. The van der Waals surface area contributed by atoms with Gasteiger partial charge in [0.1, 0.15) is 17.5 Å². The number of carbonyl (C=O) groups is 2. The fourth-order valence-corrected chi connectivity index (χ4v) is 4.74. The van der Waals surface area contributed by atoms with Crippen molar-refractivity contribution >= 4 is 33.2 Å². The molecule has 0 radical (unpaired) electrons. The minimum atomic E-state index is -4.26. The topological polar surface area (TPSA) is 136 Å².